The molecule has 0 radical (unpaired) electrons. The fourth-order valence-electron chi connectivity index (χ4n) is 2.36. The minimum absolute atomic E-state index is 0.194. The van der Waals surface area contributed by atoms with E-state index in [0.29, 0.717) is 26.9 Å². The maximum atomic E-state index is 11.4. The van der Waals surface area contributed by atoms with Gasteiger partial charge in [0.2, 0.25) is 0 Å². The highest BCUT2D eigenvalue weighted by Crippen LogP contribution is 2.29. The van der Waals surface area contributed by atoms with Gasteiger partial charge in [-0.25, -0.2) is 9.78 Å². The molecule has 0 fully saturated rings. The van der Waals surface area contributed by atoms with Crippen molar-refractivity contribution in [2.24, 2.45) is 0 Å². The molecule has 106 valence electrons. The van der Waals surface area contributed by atoms with Crippen LogP contribution in [-0.2, 0) is 0 Å². The van der Waals surface area contributed by atoms with Crippen molar-refractivity contribution in [1.82, 2.24) is 9.55 Å². The number of carbonyl (C=O) groups is 1. The minimum Gasteiger partial charge on any atom is -0.478 e. The highest BCUT2D eigenvalue weighted by atomic mass is 35.5. The van der Waals surface area contributed by atoms with E-state index in [-0.39, 0.29) is 5.56 Å². The van der Waals surface area contributed by atoms with Crippen LogP contribution in [0.15, 0.2) is 36.4 Å². The van der Waals surface area contributed by atoms with E-state index >= 15 is 0 Å². The van der Waals surface area contributed by atoms with Gasteiger partial charge in [0, 0.05) is 5.69 Å². The molecule has 4 nitrogen and oxygen atoms in total. The Morgan fingerprint density at radius 2 is 1.95 bits per heavy atom. The Hall–Kier alpha value is -2.04. The number of aromatic nitrogens is 2. The number of aromatic carboxylic acids is 1. The Morgan fingerprint density at radius 1 is 1.19 bits per heavy atom. The third kappa shape index (κ3) is 2.26. The summed E-state index contributed by atoms with van der Waals surface area (Å²) in [5, 5.41) is 10.2. The molecule has 3 aromatic rings. The van der Waals surface area contributed by atoms with Crippen LogP contribution < -0.4 is 0 Å². The van der Waals surface area contributed by atoms with Gasteiger partial charge in [-0.1, -0.05) is 29.3 Å². The smallest absolute Gasteiger partial charge is 0.337 e. The van der Waals surface area contributed by atoms with Crippen molar-refractivity contribution in [3.63, 3.8) is 0 Å². The lowest BCUT2D eigenvalue weighted by molar-refractivity contribution is 0.0698. The van der Waals surface area contributed by atoms with E-state index < -0.39 is 5.97 Å². The van der Waals surface area contributed by atoms with Crippen molar-refractivity contribution in [2.75, 3.05) is 0 Å². The molecule has 0 atom stereocenters. The summed E-state index contributed by atoms with van der Waals surface area (Å²) in [6.45, 7) is 1.81. The van der Waals surface area contributed by atoms with Gasteiger partial charge in [-0.15, -0.1) is 0 Å². The van der Waals surface area contributed by atoms with Crippen molar-refractivity contribution < 1.29 is 9.90 Å². The van der Waals surface area contributed by atoms with Crippen molar-refractivity contribution in [3.8, 4) is 5.69 Å². The second kappa shape index (κ2) is 5.06. The molecule has 1 N–H and O–H groups in total. The van der Waals surface area contributed by atoms with E-state index in [2.05, 4.69) is 4.98 Å². The van der Waals surface area contributed by atoms with Gasteiger partial charge in [0.05, 0.1) is 26.6 Å². The van der Waals surface area contributed by atoms with E-state index in [1.54, 1.807) is 41.0 Å². The number of carboxylic acid groups (broad SMARTS) is 1. The summed E-state index contributed by atoms with van der Waals surface area (Å²) in [7, 11) is 0. The number of hydrogen-bond donors (Lipinski definition) is 1. The summed E-state index contributed by atoms with van der Waals surface area (Å²) in [5.74, 6) is -0.320. The third-order valence-electron chi connectivity index (χ3n) is 3.24. The normalized spacial score (nSPS) is 11.0. The number of carboxylic acids is 1. The van der Waals surface area contributed by atoms with Gasteiger partial charge in [-0.2, -0.15) is 0 Å². The lowest BCUT2D eigenvalue weighted by Gasteiger charge is -2.09. The quantitative estimate of drug-likeness (QED) is 0.764. The number of rotatable bonds is 2. The second-order valence-electron chi connectivity index (χ2n) is 4.57. The first kappa shape index (κ1) is 13.9. The lowest BCUT2D eigenvalue weighted by Crippen LogP contribution is -2.03. The molecule has 21 heavy (non-hydrogen) atoms. The molecule has 0 aliphatic heterocycles. The van der Waals surface area contributed by atoms with Crippen LogP contribution in [0.4, 0.5) is 0 Å². The molecule has 0 bridgehead atoms. The van der Waals surface area contributed by atoms with Crippen LogP contribution in [-0.4, -0.2) is 20.6 Å². The van der Waals surface area contributed by atoms with Crippen LogP contribution in [0, 0.1) is 6.92 Å². The number of para-hydroxylation sites is 1. The van der Waals surface area contributed by atoms with E-state index in [1.807, 2.05) is 6.92 Å². The third-order valence-corrected chi connectivity index (χ3v) is 3.98. The Balaban J connectivity index is 2.38. The molecule has 2 aromatic carbocycles. The number of imidazole rings is 1. The molecule has 1 aromatic heterocycles. The number of benzene rings is 2. The average molecular weight is 321 g/mol. The van der Waals surface area contributed by atoms with Gasteiger partial charge < -0.3 is 5.11 Å². The molecular weight excluding hydrogens is 311 g/mol. The number of halogens is 2. The molecule has 0 spiro atoms. The Labute approximate surface area is 130 Å². The zero-order chi connectivity index (χ0) is 15.1. The summed E-state index contributed by atoms with van der Waals surface area (Å²) in [4.78, 5) is 15.8. The van der Waals surface area contributed by atoms with Crippen molar-refractivity contribution in [1.29, 1.82) is 0 Å². The molecule has 0 saturated heterocycles. The number of hydrogen-bond acceptors (Lipinski definition) is 2. The van der Waals surface area contributed by atoms with E-state index in [9.17, 15) is 9.90 Å². The zero-order valence-corrected chi connectivity index (χ0v) is 12.5. The van der Waals surface area contributed by atoms with Gasteiger partial charge in [-0.3, -0.25) is 4.57 Å². The standard InChI is InChI=1S/C15H10Cl2N2O2/c1-8-18-13-4-2-3-10(15(20)21)14(13)19(8)9-5-6-11(16)12(17)7-9/h2-7H,1H3,(H,20,21). The predicted octanol–water partition coefficient (Wildman–Crippen LogP) is 4.34. The molecular formula is C15H10Cl2N2O2. The average Bonchev–Trinajstić information content (AvgIpc) is 2.77. The summed E-state index contributed by atoms with van der Waals surface area (Å²) in [6, 6.07) is 10.2. The fraction of sp³-hybridized carbons (Fsp3) is 0.0667. The molecule has 0 aliphatic rings. The molecule has 6 heteroatoms. The Morgan fingerprint density at radius 3 is 2.62 bits per heavy atom. The van der Waals surface area contributed by atoms with Crippen molar-refractivity contribution in [3.05, 3.63) is 57.8 Å². The van der Waals surface area contributed by atoms with Gasteiger partial charge in [0.25, 0.3) is 0 Å². The summed E-state index contributed by atoms with van der Waals surface area (Å²) in [6.07, 6.45) is 0. The maximum Gasteiger partial charge on any atom is 0.337 e. The van der Waals surface area contributed by atoms with Crippen molar-refractivity contribution >= 4 is 40.2 Å². The number of nitrogens with zero attached hydrogens (tertiary/aromatic N) is 2. The van der Waals surface area contributed by atoms with Gasteiger partial charge in [-0.05, 0) is 37.3 Å². The number of aryl methyl sites for hydroxylation is 1. The Bertz CT molecular complexity index is 871. The molecule has 0 saturated carbocycles. The van der Waals surface area contributed by atoms with Crippen LogP contribution in [0.1, 0.15) is 16.2 Å². The van der Waals surface area contributed by atoms with E-state index in [1.165, 1.54) is 0 Å². The number of fused-ring (bicyclic) bond motifs is 1. The van der Waals surface area contributed by atoms with Crippen LogP contribution in [0.3, 0.4) is 0 Å². The van der Waals surface area contributed by atoms with Gasteiger partial charge in [0.15, 0.2) is 0 Å². The largest absolute Gasteiger partial charge is 0.478 e. The molecule has 0 amide bonds. The maximum absolute atomic E-state index is 11.4. The Kier molecular flexibility index (Phi) is 3.35. The monoisotopic (exact) mass is 320 g/mol. The summed E-state index contributed by atoms with van der Waals surface area (Å²) in [5.41, 5.74) is 2.08. The first-order valence-electron chi connectivity index (χ1n) is 6.16. The lowest BCUT2D eigenvalue weighted by atomic mass is 10.1. The molecule has 0 aliphatic carbocycles. The summed E-state index contributed by atoms with van der Waals surface area (Å²) >= 11 is 12.0. The highest BCUT2D eigenvalue weighted by molar-refractivity contribution is 6.42. The van der Waals surface area contributed by atoms with Crippen LogP contribution in [0.25, 0.3) is 16.7 Å². The minimum atomic E-state index is -0.998. The fourth-order valence-corrected chi connectivity index (χ4v) is 2.65. The first-order valence-corrected chi connectivity index (χ1v) is 6.91. The van der Waals surface area contributed by atoms with E-state index in [0.717, 1.165) is 5.69 Å². The SMILES string of the molecule is Cc1nc2cccc(C(=O)O)c2n1-c1ccc(Cl)c(Cl)c1. The van der Waals surface area contributed by atoms with Crippen LogP contribution >= 0.6 is 23.2 Å². The van der Waals surface area contributed by atoms with Gasteiger partial charge >= 0.3 is 5.97 Å². The second-order valence-corrected chi connectivity index (χ2v) is 5.39. The van der Waals surface area contributed by atoms with Crippen molar-refractivity contribution in [2.45, 2.75) is 6.92 Å². The van der Waals surface area contributed by atoms with Gasteiger partial charge in [0.1, 0.15) is 5.82 Å². The molecule has 1 heterocycles. The topological polar surface area (TPSA) is 55.1 Å². The van der Waals surface area contributed by atoms with Crippen LogP contribution in [0.5, 0.6) is 0 Å². The molecule has 3 rings (SSSR count). The zero-order valence-electron chi connectivity index (χ0n) is 11.0. The molecule has 0 unspecified atom stereocenters. The highest BCUT2D eigenvalue weighted by Gasteiger charge is 2.17. The first-order chi connectivity index (χ1) is 9.99. The van der Waals surface area contributed by atoms with E-state index in [4.69, 9.17) is 23.2 Å². The predicted molar refractivity (Wildman–Crippen MR) is 82.8 cm³/mol. The van der Waals surface area contributed by atoms with Crippen LogP contribution in [0.2, 0.25) is 10.0 Å². The summed E-state index contributed by atoms with van der Waals surface area (Å²) < 4.78 is 1.76.